The molecule has 1 aromatic carbocycles. The lowest BCUT2D eigenvalue weighted by Crippen LogP contribution is -2.35. The van der Waals surface area contributed by atoms with E-state index in [0.717, 1.165) is 41.4 Å². The van der Waals surface area contributed by atoms with Crippen molar-refractivity contribution in [1.29, 1.82) is 5.26 Å². The van der Waals surface area contributed by atoms with Crippen LogP contribution in [-0.2, 0) is 16.0 Å². The minimum absolute atomic E-state index is 0.124. The summed E-state index contributed by atoms with van der Waals surface area (Å²) in [6.45, 7) is 16.8. The number of nitrogens with zero attached hydrogens (tertiary/aromatic N) is 2. The lowest BCUT2D eigenvalue weighted by molar-refractivity contribution is -0.132. The second-order valence-electron chi connectivity index (χ2n) is 12.2. The molecule has 1 aromatic heterocycles. The zero-order chi connectivity index (χ0) is 31.5. The standard InChI is InChI=1S/C14H13N3O2.C13H23NO.C3H8N2.C2H2/c1-9-2-3-13-10(4-9)5-11(14(19)17-13)6-12(7-15)16-8-18;1-12(2,3)6-11(15)14-7-9-10(8-14)13(9,4)5;1-2-3(4)5;1-2/h2-5,8,12H,6H2,1H3,(H,16,18)(H,17,19);9-10H,6-8H2,1-5H3;2H,4-5H2,1H3;1-2H/t12-;9-,10?;;/m00../s1. The minimum atomic E-state index is -0.694. The topological polar surface area (TPSA) is 158 Å². The van der Waals surface area contributed by atoms with Gasteiger partial charge in [0.2, 0.25) is 12.3 Å². The smallest absolute Gasteiger partial charge is 0.251 e. The third kappa shape index (κ3) is 10.3. The normalized spacial score (nSPS) is 18.3. The predicted octanol–water partition coefficient (Wildman–Crippen LogP) is 3.57. The van der Waals surface area contributed by atoms with E-state index in [2.05, 4.69) is 62.7 Å². The van der Waals surface area contributed by atoms with Crippen molar-refractivity contribution in [2.75, 3.05) is 13.1 Å². The first kappa shape index (κ1) is 34.8. The number of hydrogen-bond acceptors (Lipinski definition) is 6. The van der Waals surface area contributed by atoms with Crippen LogP contribution in [0.5, 0.6) is 0 Å². The van der Waals surface area contributed by atoms with Gasteiger partial charge in [-0.25, -0.2) is 0 Å². The van der Waals surface area contributed by atoms with Gasteiger partial charge in [0.15, 0.2) is 0 Å². The van der Waals surface area contributed by atoms with E-state index >= 15 is 0 Å². The summed E-state index contributed by atoms with van der Waals surface area (Å²) >= 11 is 0. The van der Waals surface area contributed by atoms with Crippen molar-refractivity contribution in [2.24, 2.45) is 34.1 Å². The Hall–Kier alpha value is -4.24. The van der Waals surface area contributed by atoms with Crippen molar-refractivity contribution in [2.45, 2.75) is 67.3 Å². The molecule has 2 aliphatic rings. The maximum absolute atomic E-state index is 12.0. The van der Waals surface area contributed by atoms with Crippen LogP contribution >= 0.6 is 0 Å². The largest absolute Gasteiger partial charge is 0.386 e. The van der Waals surface area contributed by atoms with Crippen molar-refractivity contribution in [3.63, 3.8) is 0 Å². The predicted molar refractivity (Wildman–Crippen MR) is 165 cm³/mol. The Labute approximate surface area is 244 Å². The number of aryl methyl sites for hydroxylation is 1. The third-order valence-electron chi connectivity index (χ3n) is 7.42. The maximum Gasteiger partial charge on any atom is 0.251 e. The molecular formula is C32H46N6O3. The summed E-state index contributed by atoms with van der Waals surface area (Å²) in [5, 5.41) is 12.2. The van der Waals surface area contributed by atoms with E-state index in [1.54, 1.807) is 19.1 Å². The summed E-state index contributed by atoms with van der Waals surface area (Å²) in [5.74, 6) is 2.29. The molecule has 1 saturated heterocycles. The van der Waals surface area contributed by atoms with Crippen molar-refractivity contribution in [3.8, 4) is 18.9 Å². The van der Waals surface area contributed by atoms with Gasteiger partial charge in [-0.15, -0.1) is 12.8 Å². The number of H-pyrrole nitrogens is 1. The fourth-order valence-electron chi connectivity index (χ4n) is 4.87. The lowest BCUT2D eigenvalue weighted by atomic mass is 9.91. The Bertz CT molecular complexity index is 1330. The quantitative estimate of drug-likeness (QED) is 0.322. The van der Waals surface area contributed by atoms with Crippen LogP contribution < -0.4 is 22.3 Å². The molecule has 9 heteroatoms. The molecule has 2 aromatic rings. The highest BCUT2D eigenvalue weighted by Crippen LogP contribution is 2.62. The average molecular weight is 563 g/mol. The van der Waals surface area contributed by atoms with Crippen LogP contribution in [0.3, 0.4) is 0 Å². The number of likely N-dealkylation sites (tertiary alicyclic amines) is 1. The third-order valence-corrected chi connectivity index (χ3v) is 7.42. The van der Waals surface area contributed by atoms with Gasteiger partial charge in [0.1, 0.15) is 6.04 Å². The highest BCUT2D eigenvalue weighted by molar-refractivity contribution is 5.79. The molecule has 6 N–H and O–H groups in total. The molecule has 3 atom stereocenters. The molecule has 9 nitrogen and oxygen atoms in total. The number of terminal acetylenes is 1. The molecule has 1 unspecified atom stereocenters. The van der Waals surface area contributed by atoms with Crippen molar-refractivity contribution >= 4 is 23.2 Å². The number of piperidine rings is 1. The highest BCUT2D eigenvalue weighted by atomic mass is 16.2. The van der Waals surface area contributed by atoms with E-state index in [1.165, 1.54) is 0 Å². The van der Waals surface area contributed by atoms with Crippen LogP contribution in [0, 0.1) is 53.8 Å². The van der Waals surface area contributed by atoms with Gasteiger partial charge in [0, 0.05) is 37.0 Å². The van der Waals surface area contributed by atoms with Crippen molar-refractivity contribution in [3.05, 3.63) is 57.6 Å². The van der Waals surface area contributed by atoms with Crippen LogP contribution in [0.4, 0.5) is 0 Å². The summed E-state index contributed by atoms with van der Waals surface area (Å²) in [5.41, 5.74) is 12.6. The number of aromatic amines is 1. The Morgan fingerprint density at radius 2 is 1.80 bits per heavy atom. The molecular weight excluding hydrogens is 516 g/mol. The number of rotatable bonds is 5. The molecule has 222 valence electrons. The molecule has 0 radical (unpaired) electrons. The zero-order valence-electron chi connectivity index (χ0n) is 25.5. The molecule has 2 amide bonds. The van der Waals surface area contributed by atoms with Gasteiger partial charge in [-0.1, -0.05) is 46.2 Å². The summed E-state index contributed by atoms with van der Waals surface area (Å²) < 4.78 is 0. The Morgan fingerprint density at radius 3 is 2.27 bits per heavy atom. The first-order valence-electron chi connectivity index (χ1n) is 13.6. The summed E-state index contributed by atoms with van der Waals surface area (Å²) in [6.07, 6.45) is 11.0. The number of hydrogen-bond donors (Lipinski definition) is 4. The fourth-order valence-corrected chi connectivity index (χ4v) is 4.87. The summed E-state index contributed by atoms with van der Waals surface area (Å²) in [7, 11) is 0. The summed E-state index contributed by atoms with van der Waals surface area (Å²) in [4.78, 5) is 39.1. The Morgan fingerprint density at radius 1 is 1.24 bits per heavy atom. The molecule has 2 heterocycles. The first-order chi connectivity index (χ1) is 19.1. The van der Waals surface area contributed by atoms with Crippen LogP contribution in [0.1, 0.15) is 59.1 Å². The lowest BCUT2D eigenvalue weighted by Gasteiger charge is -2.26. The number of carbonyl (C=O) groups excluding carboxylic acids is 2. The number of benzene rings is 1. The van der Waals surface area contributed by atoms with Crippen molar-refractivity contribution in [1.82, 2.24) is 15.2 Å². The van der Waals surface area contributed by atoms with Crippen LogP contribution in [0.15, 0.2) is 41.0 Å². The fraction of sp³-hybridized carbons (Fsp3) is 0.500. The number of aromatic nitrogens is 1. The van der Waals surface area contributed by atoms with Gasteiger partial charge in [-0.2, -0.15) is 5.26 Å². The molecule has 41 heavy (non-hydrogen) atoms. The van der Waals surface area contributed by atoms with Crippen LogP contribution in [0.2, 0.25) is 0 Å². The molecule has 4 rings (SSSR count). The molecule has 1 saturated carbocycles. The van der Waals surface area contributed by atoms with Gasteiger partial charge < -0.3 is 26.7 Å². The maximum atomic E-state index is 12.0. The molecule has 0 bridgehead atoms. The first-order valence-corrected chi connectivity index (χ1v) is 13.6. The van der Waals surface area contributed by atoms with Gasteiger partial charge in [0.25, 0.3) is 5.56 Å². The van der Waals surface area contributed by atoms with E-state index in [-0.39, 0.29) is 17.4 Å². The van der Waals surface area contributed by atoms with Gasteiger partial charge >= 0.3 is 0 Å². The van der Waals surface area contributed by atoms with E-state index in [1.807, 2.05) is 31.2 Å². The SMILES string of the molecule is C#C.CC(C)(C)CC(=O)N1CC2[C@H](C1)C2(C)C.CC=C(N)N.Cc1ccc2[nH]c(=O)c(C[C@@H](C#N)NC=O)cc2c1. The number of nitrogens with two attached hydrogens (primary N) is 2. The van der Waals surface area contributed by atoms with Gasteiger partial charge in [-0.05, 0) is 66.2 Å². The number of nitriles is 1. The molecule has 1 aliphatic heterocycles. The van der Waals surface area contributed by atoms with Crippen molar-refractivity contribution < 1.29 is 9.59 Å². The highest BCUT2D eigenvalue weighted by Gasteiger charge is 2.62. The van der Waals surface area contributed by atoms with E-state index in [9.17, 15) is 14.4 Å². The number of nitrogens with one attached hydrogen (secondary N) is 2. The Balaban J connectivity index is 0.000000341. The van der Waals surface area contributed by atoms with Crippen LogP contribution in [0.25, 0.3) is 10.9 Å². The average Bonchev–Trinajstić information content (AvgIpc) is 3.22. The van der Waals surface area contributed by atoms with E-state index in [4.69, 9.17) is 16.7 Å². The number of allylic oxidation sites excluding steroid dienone is 1. The Kier molecular flexibility index (Phi) is 12.7. The monoisotopic (exact) mass is 562 g/mol. The summed E-state index contributed by atoms with van der Waals surface area (Å²) in [6, 6.07) is 8.74. The number of carbonyl (C=O) groups is 2. The second-order valence-corrected chi connectivity index (χ2v) is 12.2. The van der Waals surface area contributed by atoms with E-state index in [0.29, 0.717) is 35.5 Å². The van der Waals surface area contributed by atoms with Gasteiger partial charge in [0.05, 0.1) is 11.9 Å². The number of pyridine rings is 1. The van der Waals surface area contributed by atoms with Crippen LogP contribution in [-0.4, -0.2) is 41.3 Å². The second kappa shape index (κ2) is 14.9. The molecule has 2 fully saturated rings. The minimum Gasteiger partial charge on any atom is -0.386 e. The molecule has 1 aliphatic carbocycles. The van der Waals surface area contributed by atoms with Gasteiger partial charge in [-0.3, -0.25) is 14.4 Å². The van der Waals surface area contributed by atoms with E-state index < -0.39 is 6.04 Å². The number of amides is 2. The zero-order valence-corrected chi connectivity index (χ0v) is 25.5. The number of fused-ring (bicyclic) bond motifs is 2. The molecule has 0 spiro atoms.